The van der Waals surface area contributed by atoms with Crippen LogP contribution in [-0.4, -0.2) is 215 Å². The predicted octanol–water partition coefficient (Wildman–Crippen LogP) is 8.24. The number of unbranched alkanes of at least 4 members (excludes halogenated alkanes) is 38. The number of hydrogen-bond donors (Lipinski definition) is 14. The summed E-state index contributed by atoms with van der Waals surface area (Å²) in [7, 11) is 0. The van der Waals surface area contributed by atoms with Gasteiger partial charge in [0.25, 0.3) is 5.79 Å². The summed E-state index contributed by atoms with van der Waals surface area (Å²) >= 11 is 0. The molecule has 23 nitrogen and oxygen atoms in total. The summed E-state index contributed by atoms with van der Waals surface area (Å²) in [6.07, 6.45) is 24.5. The number of allylic oxidation sites excluding steroid dienone is 1. The minimum absolute atomic E-state index is 0.205. The van der Waals surface area contributed by atoms with Gasteiger partial charge in [-0.25, -0.2) is 4.79 Å². The van der Waals surface area contributed by atoms with Crippen LogP contribution in [-0.2, 0) is 42.8 Å². The van der Waals surface area contributed by atoms with E-state index in [4.69, 9.17) is 28.4 Å². The highest BCUT2D eigenvalue weighted by atomic mass is 16.8. The second-order valence-corrected chi connectivity index (χ2v) is 27.5. The highest BCUT2D eigenvalue weighted by Gasteiger charge is 2.60. The highest BCUT2D eigenvalue weighted by Crippen LogP contribution is 2.39. The van der Waals surface area contributed by atoms with Crippen molar-refractivity contribution >= 4 is 17.8 Å². The number of carbonyl (C=O) groups is 3. The van der Waals surface area contributed by atoms with Crippen LogP contribution in [0.25, 0.3) is 0 Å². The molecule has 0 aliphatic carbocycles. The molecule has 3 rings (SSSR count). The average molecular weight is 1360 g/mol. The van der Waals surface area contributed by atoms with Crippen LogP contribution < -0.4 is 10.6 Å². The molecule has 2 amide bonds. The fourth-order valence-corrected chi connectivity index (χ4v) is 13.2. The van der Waals surface area contributed by atoms with Gasteiger partial charge >= 0.3 is 5.97 Å². The van der Waals surface area contributed by atoms with E-state index in [2.05, 4.69) is 24.5 Å². The van der Waals surface area contributed by atoms with Gasteiger partial charge in [-0.1, -0.05) is 264 Å². The molecule has 18 unspecified atom stereocenters. The first kappa shape index (κ1) is 86.7. The quantitative estimate of drug-likeness (QED) is 0.0201. The van der Waals surface area contributed by atoms with Crippen molar-refractivity contribution in [1.29, 1.82) is 0 Å². The van der Waals surface area contributed by atoms with Gasteiger partial charge in [0, 0.05) is 19.8 Å². The summed E-state index contributed by atoms with van der Waals surface area (Å²) in [5, 5.41) is 136. The SMILES string of the molecule is CCCCCCCCCC/C=C/C(O)C(COC1OC(CO)C(OC2OC(CO)C(O)C(OC3(C(=O)O)CC(O)C(NC(C)=O)C(C(O)C(O)CO)O3)C2O)C(O)C1O)NC(=O)CCCCCCCCCCCCCCCCCCCCCCCCCCCCCCCCC. The molecule has 0 spiro atoms. The molecular formula is C72H134N2O21. The number of aliphatic hydroxyl groups excluding tert-OH is 11. The van der Waals surface area contributed by atoms with Crippen LogP contribution in [0.3, 0.4) is 0 Å². The van der Waals surface area contributed by atoms with Gasteiger partial charge in [-0.3, -0.25) is 9.59 Å². The second-order valence-electron chi connectivity index (χ2n) is 27.5. The molecule has 3 fully saturated rings. The Morgan fingerprint density at radius 3 is 1.40 bits per heavy atom. The largest absolute Gasteiger partial charge is 0.477 e. The van der Waals surface area contributed by atoms with E-state index < -0.39 is 155 Å². The third-order valence-electron chi connectivity index (χ3n) is 19.2. The molecule has 95 heavy (non-hydrogen) atoms. The maximum absolute atomic E-state index is 13.4. The first-order valence-electron chi connectivity index (χ1n) is 37.6. The number of ether oxygens (including phenoxy) is 6. The molecule has 0 aromatic rings. The molecule has 0 saturated carbocycles. The predicted molar refractivity (Wildman–Crippen MR) is 362 cm³/mol. The van der Waals surface area contributed by atoms with Crippen LogP contribution in [0.2, 0.25) is 0 Å². The molecule has 0 aromatic heterocycles. The van der Waals surface area contributed by atoms with Gasteiger partial charge in [0.1, 0.15) is 67.1 Å². The Morgan fingerprint density at radius 2 is 0.979 bits per heavy atom. The van der Waals surface area contributed by atoms with Gasteiger partial charge in [0.15, 0.2) is 12.6 Å². The first-order chi connectivity index (χ1) is 45.9. The molecule has 0 aromatic carbocycles. The van der Waals surface area contributed by atoms with E-state index in [1.807, 2.05) is 6.08 Å². The lowest BCUT2D eigenvalue weighted by atomic mass is 9.88. The number of amides is 2. The number of hydrogen-bond acceptors (Lipinski definition) is 20. The molecule has 558 valence electrons. The summed E-state index contributed by atoms with van der Waals surface area (Å²) in [6, 6.07) is -2.61. The van der Waals surface area contributed by atoms with Crippen LogP contribution >= 0.6 is 0 Å². The van der Waals surface area contributed by atoms with Gasteiger partial charge in [-0.15, -0.1) is 0 Å². The van der Waals surface area contributed by atoms with E-state index in [0.717, 1.165) is 51.9 Å². The van der Waals surface area contributed by atoms with Crippen molar-refractivity contribution in [3.63, 3.8) is 0 Å². The zero-order chi connectivity index (χ0) is 69.6. The minimum Gasteiger partial charge on any atom is -0.477 e. The number of aliphatic hydroxyl groups is 11. The summed E-state index contributed by atoms with van der Waals surface area (Å²) in [5.41, 5.74) is 0. The molecule has 23 heteroatoms. The Bertz CT molecular complexity index is 1960. The van der Waals surface area contributed by atoms with Gasteiger partial charge in [-0.2, -0.15) is 0 Å². The normalized spacial score (nSPS) is 27.7. The molecule has 14 N–H and O–H groups in total. The van der Waals surface area contributed by atoms with Crippen molar-refractivity contribution in [2.45, 2.75) is 400 Å². The van der Waals surface area contributed by atoms with E-state index in [0.29, 0.717) is 12.8 Å². The van der Waals surface area contributed by atoms with Crippen LogP contribution in [0.5, 0.6) is 0 Å². The standard InChI is InChI=1S/C72H134N2O21/c1-4-6-8-10-12-14-16-17-18-19-20-21-22-23-24-25-26-27-28-29-30-31-32-33-34-35-36-38-40-42-44-46-59(82)74-53(54(79)45-43-41-39-37-15-13-11-9-7-5-2)51-90-69-64(86)63(85)66(58(50-77)92-69)93-70-65(87)68(62(84)57(49-76)91-70)95-72(71(88)89)47-55(80)60(73-52(3)78)67(94-72)61(83)56(81)48-75/h43,45,53-58,60-70,75-77,79-81,83-87H,4-42,44,46-51H2,1-3H3,(H,73,78)(H,74,82)(H,88,89)/b45-43+. The molecular weight excluding hydrogens is 1230 g/mol. The van der Waals surface area contributed by atoms with E-state index in [1.165, 1.54) is 199 Å². The highest BCUT2D eigenvalue weighted by molar-refractivity contribution is 5.77. The fraction of sp³-hybridized carbons (Fsp3) is 0.931. The summed E-state index contributed by atoms with van der Waals surface area (Å²) in [6.45, 7) is 2.13. The number of aliphatic carboxylic acids is 1. The lowest BCUT2D eigenvalue weighted by Crippen LogP contribution is -2.70. The molecule has 0 radical (unpaired) electrons. The van der Waals surface area contributed by atoms with E-state index >= 15 is 0 Å². The number of nitrogens with one attached hydrogen (secondary N) is 2. The van der Waals surface area contributed by atoms with Crippen LogP contribution in [0.15, 0.2) is 12.2 Å². The Morgan fingerprint density at radius 1 is 0.547 bits per heavy atom. The average Bonchev–Trinajstić information content (AvgIpc) is 0.758. The third kappa shape index (κ3) is 34.1. The summed E-state index contributed by atoms with van der Waals surface area (Å²) in [5.74, 6) is -6.14. The number of rotatable bonds is 58. The number of carboxylic acids is 1. The molecule has 3 aliphatic rings. The Kier molecular flexibility index (Phi) is 47.9. The first-order valence-corrected chi connectivity index (χ1v) is 37.6. The van der Waals surface area contributed by atoms with Gasteiger partial charge in [0.2, 0.25) is 11.8 Å². The molecule has 18 atom stereocenters. The van der Waals surface area contributed by atoms with Crippen molar-refractivity contribution in [3.8, 4) is 0 Å². The minimum atomic E-state index is -3.08. The molecule has 3 heterocycles. The Hall–Kier alpha value is -2.53. The lowest BCUT2D eigenvalue weighted by Gasteiger charge is -2.50. The Balaban J connectivity index is 1.45. The number of carbonyl (C=O) groups excluding carboxylic acids is 2. The van der Waals surface area contributed by atoms with Crippen LogP contribution in [0, 0.1) is 0 Å². The zero-order valence-electron chi connectivity index (χ0n) is 58.5. The van der Waals surface area contributed by atoms with E-state index in [1.54, 1.807) is 6.08 Å². The zero-order valence-corrected chi connectivity index (χ0v) is 58.5. The van der Waals surface area contributed by atoms with Crippen molar-refractivity contribution in [2.75, 3.05) is 26.4 Å². The summed E-state index contributed by atoms with van der Waals surface area (Å²) in [4.78, 5) is 38.5. The van der Waals surface area contributed by atoms with Crippen molar-refractivity contribution in [1.82, 2.24) is 10.6 Å². The molecule has 0 bridgehead atoms. The topological polar surface area (TPSA) is 373 Å². The Labute approximate surface area is 569 Å². The van der Waals surface area contributed by atoms with Crippen LogP contribution in [0.1, 0.15) is 290 Å². The van der Waals surface area contributed by atoms with Gasteiger partial charge < -0.3 is 100 Å². The third-order valence-corrected chi connectivity index (χ3v) is 19.2. The monoisotopic (exact) mass is 1360 g/mol. The van der Waals surface area contributed by atoms with Crippen molar-refractivity contribution in [3.05, 3.63) is 12.2 Å². The van der Waals surface area contributed by atoms with E-state index in [-0.39, 0.29) is 12.3 Å². The maximum Gasteiger partial charge on any atom is 0.364 e. The summed E-state index contributed by atoms with van der Waals surface area (Å²) < 4.78 is 34.8. The molecule has 3 saturated heterocycles. The van der Waals surface area contributed by atoms with E-state index in [9.17, 15) is 75.7 Å². The number of carboxylic acid groups (broad SMARTS) is 1. The fourth-order valence-electron chi connectivity index (χ4n) is 13.2. The van der Waals surface area contributed by atoms with Crippen molar-refractivity contribution < 1.29 is 104 Å². The van der Waals surface area contributed by atoms with Crippen LogP contribution in [0.4, 0.5) is 0 Å². The smallest absolute Gasteiger partial charge is 0.364 e. The molecule has 3 aliphatic heterocycles. The lowest BCUT2D eigenvalue weighted by molar-refractivity contribution is -0.386. The van der Waals surface area contributed by atoms with Gasteiger partial charge in [0.05, 0.1) is 50.7 Å². The maximum atomic E-state index is 13.4. The van der Waals surface area contributed by atoms with Crippen molar-refractivity contribution in [2.24, 2.45) is 0 Å². The van der Waals surface area contributed by atoms with Gasteiger partial charge in [-0.05, 0) is 19.3 Å². The second kappa shape index (κ2) is 52.5.